The van der Waals surface area contributed by atoms with Gasteiger partial charge in [-0.25, -0.2) is 17.5 Å². The molecule has 0 aliphatic heterocycles. The molecule has 0 atom stereocenters. The summed E-state index contributed by atoms with van der Waals surface area (Å²) in [5.41, 5.74) is 5.93. The van der Waals surface area contributed by atoms with E-state index in [-0.39, 0.29) is 22.0 Å². The van der Waals surface area contributed by atoms with Crippen LogP contribution in [-0.2, 0) is 16.6 Å². The maximum absolute atomic E-state index is 13.7. The molecular weight excluding hydrogens is 311 g/mol. The van der Waals surface area contributed by atoms with Crippen molar-refractivity contribution in [3.63, 3.8) is 0 Å². The van der Waals surface area contributed by atoms with Gasteiger partial charge in [0.25, 0.3) is 0 Å². The molecule has 0 spiro atoms. The van der Waals surface area contributed by atoms with Gasteiger partial charge >= 0.3 is 0 Å². The molecule has 7 heteroatoms. The highest BCUT2D eigenvalue weighted by Crippen LogP contribution is 2.19. The first-order valence-corrected chi connectivity index (χ1v) is 7.93. The molecule has 0 aliphatic rings. The normalized spacial score (nSPS) is 11.3. The number of nitrogens with one attached hydrogen (secondary N) is 1. The number of hydrogen-bond donors (Lipinski definition) is 2. The van der Waals surface area contributed by atoms with E-state index >= 15 is 0 Å². The molecule has 0 fully saturated rings. The van der Waals surface area contributed by atoms with E-state index in [1.165, 1.54) is 12.1 Å². The van der Waals surface area contributed by atoms with Crippen molar-refractivity contribution < 1.29 is 12.8 Å². The first kappa shape index (κ1) is 15.6. The first-order chi connectivity index (χ1) is 9.92. The number of rotatable bonds is 5. The number of benzene rings is 2. The van der Waals surface area contributed by atoms with Gasteiger partial charge in [0.1, 0.15) is 10.8 Å². The van der Waals surface area contributed by atoms with Gasteiger partial charge in [0.05, 0.1) is 10.5 Å². The molecule has 2 aromatic carbocycles. The minimum atomic E-state index is -3.91. The summed E-state index contributed by atoms with van der Waals surface area (Å²) in [6.07, 6.45) is 0. The Labute approximate surface area is 127 Å². The van der Waals surface area contributed by atoms with E-state index in [0.717, 1.165) is 11.6 Å². The summed E-state index contributed by atoms with van der Waals surface area (Å²) >= 11 is 4.73. The maximum Gasteiger partial charge on any atom is 0.241 e. The number of hydrogen-bond acceptors (Lipinski definition) is 3. The highest BCUT2D eigenvalue weighted by Gasteiger charge is 2.22. The van der Waals surface area contributed by atoms with Gasteiger partial charge in [-0.15, -0.1) is 0 Å². The Morgan fingerprint density at radius 1 is 1.14 bits per heavy atom. The molecule has 110 valence electrons. The lowest BCUT2D eigenvalue weighted by atomic mass is 10.2. The van der Waals surface area contributed by atoms with Crippen molar-refractivity contribution in [2.75, 3.05) is 0 Å². The van der Waals surface area contributed by atoms with Gasteiger partial charge in [-0.3, -0.25) is 0 Å². The zero-order valence-corrected chi connectivity index (χ0v) is 12.5. The van der Waals surface area contributed by atoms with Gasteiger partial charge in [0.2, 0.25) is 10.0 Å². The van der Waals surface area contributed by atoms with Crippen molar-refractivity contribution in [1.29, 1.82) is 0 Å². The summed E-state index contributed by atoms with van der Waals surface area (Å²) < 4.78 is 40.7. The van der Waals surface area contributed by atoms with E-state index in [4.69, 9.17) is 18.0 Å². The molecular formula is C14H13FN2O2S2. The Kier molecular flexibility index (Phi) is 4.66. The summed E-state index contributed by atoms with van der Waals surface area (Å²) in [5, 5.41) is 0. The number of halogens is 1. The van der Waals surface area contributed by atoms with Crippen LogP contribution in [0.25, 0.3) is 0 Å². The number of thiocarbonyl (C=S) groups is 1. The van der Waals surface area contributed by atoms with E-state index in [1.54, 1.807) is 24.3 Å². The quantitative estimate of drug-likeness (QED) is 0.825. The third kappa shape index (κ3) is 3.63. The lowest BCUT2D eigenvalue weighted by molar-refractivity contribution is 0.576. The van der Waals surface area contributed by atoms with Gasteiger partial charge in [-0.1, -0.05) is 48.6 Å². The second-order valence-corrected chi connectivity index (χ2v) is 6.46. The van der Waals surface area contributed by atoms with Gasteiger partial charge in [-0.2, -0.15) is 0 Å². The Balaban J connectivity index is 2.32. The van der Waals surface area contributed by atoms with Crippen molar-refractivity contribution in [2.45, 2.75) is 11.4 Å². The van der Waals surface area contributed by atoms with Crippen LogP contribution in [0.2, 0.25) is 0 Å². The largest absolute Gasteiger partial charge is 0.389 e. The molecule has 0 amide bonds. The van der Waals surface area contributed by atoms with Gasteiger partial charge in [0, 0.05) is 6.54 Å². The zero-order valence-electron chi connectivity index (χ0n) is 10.9. The summed E-state index contributed by atoms with van der Waals surface area (Å²) in [4.78, 5) is -0.556. The molecule has 0 radical (unpaired) electrons. The lowest BCUT2D eigenvalue weighted by Crippen LogP contribution is -2.27. The number of sulfonamides is 1. The van der Waals surface area contributed by atoms with Crippen molar-refractivity contribution >= 4 is 27.2 Å². The molecule has 2 aromatic rings. The summed E-state index contributed by atoms with van der Waals surface area (Å²) in [6.45, 7) is 0.0937. The minimum Gasteiger partial charge on any atom is -0.389 e. The van der Waals surface area contributed by atoms with Crippen LogP contribution in [0.3, 0.4) is 0 Å². The molecule has 21 heavy (non-hydrogen) atoms. The van der Waals surface area contributed by atoms with E-state index in [0.29, 0.717) is 0 Å². The van der Waals surface area contributed by atoms with Crippen LogP contribution >= 0.6 is 12.2 Å². The predicted octanol–water partition coefficient (Wildman–Crippen LogP) is 1.94. The average molecular weight is 324 g/mol. The average Bonchev–Trinajstić information content (AvgIpc) is 2.46. The van der Waals surface area contributed by atoms with Crippen LogP contribution < -0.4 is 10.5 Å². The van der Waals surface area contributed by atoms with E-state index in [2.05, 4.69) is 4.72 Å². The highest BCUT2D eigenvalue weighted by molar-refractivity contribution is 7.89. The predicted molar refractivity (Wildman–Crippen MR) is 82.8 cm³/mol. The monoisotopic (exact) mass is 324 g/mol. The van der Waals surface area contributed by atoms with Crippen LogP contribution in [-0.4, -0.2) is 13.4 Å². The Morgan fingerprint density at radius 2 is 1.81 bits per heavy atom. The molecule has 0 aliphatic carbocycles. The van der Waals surface area contributed by atoms with Crippen LogP contribution in [0.15, 0.2) is 53.4 Å². The van der Waals surface area contributed by atoms with E-state index in [9.17, 15) is 12.8 Å². The number of nitrogens with two attached hydrogens (primary N) is 1. The van der Waals surface area contributed by atoms with Gasteiger partial charge in [-0.05, 0) is 17.7 Å². The van der Waals surface area contributed by atoms with Crippen molar-refractivity contribution in [3.05, 3.63) is 65.5 Å². The van der Waals surface area contributed by atoms with Crippen LogP contribution in [0.4, 0.5) is 4.39 Å². The van der Waals surface area contributed by atoms with Crippen molar-refractivity contribution in [3.8, 4) is 0 Å². The molecule has 0 bridgehead atoms. The lowest BCUT2D eigenvalue weighted by Gasteiger charge is -2.11. The highest BCUT2D eigenvalue weighted by atomic mass is 32.2. The third-order valence-electron chi connectivity index (χ3n) is 2.82. The fourth-order valence-electron chi connectivity index (χ4n) is 1.82. The van der Waals surface area contributed by atoms with Gasteiger partial charge in [0.15, 0.2) is 0 Å². The summed E-state index contributed by atoms with van der Waals surface area (Å²) in [6, 6.07) is 12.7. The molecule has 4 nitrogen and oxygen atoms in total. The molecule has 0 saturated heterocycles. The fourth-order valence-corrected chi connectivity index (χ4v) is 3.34. The molecule has 0 aromatic heterocycles. The van der Waals surface area contributed by atoms with Crippen LogP contribution in [0, 0.1) is 5.82 Å². The Morgan fingerprint density at radius 3 is 2.43 bits per heavy atom. The second-order valence-electron chi connectivity index (χ2n) is 4.29. The molecule has 0 unspecified atom stereocenters. The van der Waals surface area contributed by atoms with Crippen LogP contribution in [0.1, 0.15) is 11.1 Å². The molecule has 3 N–H and O–H groups in total. The molecule has 2 rings (SSSR count). The van der Waals surface area contributed by atoms with Gasteiger partial charge < -0.3 is 5.73 Å². The fraction of sp³-hybridized carbons (Fsp3) is 0.0714. The zero-order chi connectivity index (χ0) is 15.5. The van der Waals surface area contributed by atoms with Crippen molar-refractivity contribution in [1.82, 2.24) is 4.72 Å². The van der Waals surface area contributed by atoms with Crippen LogP contribution in [0.5, 0.6) is 0 Å². The standard InChI is InChI=1S/C14H13FN2O2S2/c15-11-7-4-8-12(13(11)14(16)20)21(18,19)17-9-10-5-2-1-3-6-10/h1-8,17H,9H2,(H2,16,20). The topological polar surface area (TPSA) is 72.2 Å². The molecule has 0 heterocycles. The summed E-state index contributed by atoms with van der Waals surface area (Å²) in [7, 11) is -3.91. The summed E-state index contributed by atoms with van der Waals surface area (Å²) in [5.74, 6) is -0.759. The van der Waals surface area contributed by atoms with E-state index in [1.807, 2.05) is 6.07 Å². The maximum atomic E-state index is 13.7. The van der Waals surface area contributed by atoms with Crippen molar-refractivity contribution in [2.24, 2.45) is 5.73 Å². The molecule has 0 saturated carbocycles. The minimum absolute atomic E-state index is 0.0937. The SMILES string of the molecule is NC(=S)c1c(F)cccc1S(=O)(=O)NCc1ccccc1. The van der Waals surface area contributed by atoms with E-state index < -0.39 is 15.8 Å². The first-order valence-electron chi connectivity index (χ1n) is 6.04. The smallest absolute Gasteiger partial charge is 0.241 e. The third-order valence-corrected chi connectivity index (χ3v) is 4.47. The second kappa shape index (κ2) is 6.30. The Bertz CT molecular complexity index is 762. The Hall–Kier alpha value is -1.83.